The molecule has 0 aliphatic carbocycles. The van der Waals surface area contributed by atoms with Gasteiger partial charge in [0.05, 0.1) is 10.7 Å². The fraction of sp³-hybridized carbons (Fsp3) is 0.400. The van der Waals surface area contributed by atoms with E-state index in [1.165, 1.54) is 0 Å². The molecule has 0 amide bonds. The van der Waals surface area contributed by atoms with Crippen molar-refractivity contribution in [2.45, 2.75) is 0 Å². The summed E-state index contributed by atoms with van der Waals surface area (Å²) in [5, 5.41) is 0. The molecule has 1 aliphatic heterocycles. The standard InChI is InChI=1S/C5H8N2O4S2/c1-12(8,9)3-4-2-5(6)7-13(4,10)11/h2H,3H2,1H3,(H2,6,7). The summed E-state index contributed by atoms with van der Waals surface area (Å²) in [6.45, 7) is 0. The van der Waals surface area contributed by atoms with Gasteiger partial charge in [-0.15, -0.1) is 4.40 Å². The highest BCUT2D eigenvalue weighted by Crippen LogP contribution is 2.16. The second-order valence-electron chi connectivity index (χ2n) is 2.67. The Morgan fingerprint density at radius 1 is 1.54 bits per heavy atom. The predicted molar refractivity (Wildman–Crippen MR) is 48.3 cm³/mol. The molecule has 0 aromatic carbocycles. The number of rotatable bonds is 2. The van der Waals surface area contributed by atoms with Gasteiger partial charge in [-0.25, -0.2) is 8.42 Å². The van der Waals surface area contributed by atoms with Crippen LogP contribution in [0.1, 0.15) is 0 Å². The van der Waals surface area contributed by atoms with Crippen molar-refractivity contribution in [3.63, 3.8) is 0 Å². The SMILES string of the molecule is CS(=O)(=O)CC1=CC(N)=NS1(=O)=O. The third-order valence-electron chi connectivity index (χ3n) is 1.27. The molecule has 0 bridgehead atoms. The molecule has 0 spiro atoms. The first kappa shape index (κ1) is 10.2. The number of hydrogen-bond acceptors (Lipinski definition) is 5. The average molecular weight is 224 g/mol. The molecule has 0 atom stereocenters. The van der Waals surface area contributed by atoms with E-state index in [0.717, 1.165) is 12.3 Å². The van der Waals surface area contributed by atoms with E-state index in [2.05, 4.69) is 4.40 Å². The molecule has 0 saturated heterocycles. The van der Waals surface area contributed by atoms with E-state index in [-0.39, 0.29) is 10.7 Å². The highest BCUT2D eigenvalue weighted by molar-refractivity contribution is 7.97. The molecule has 0 saturated carbocycles. The molecule has 74 valence electrons. The zero-order chi connectivity index (χ0) is 10.3. The number of sulfonamides is 1. The maximum Gasteiger partial charge on any atom is 0.281 e. The molecule has 0 radical (unpaired) electrons. The number of nitrogens with two attached hydrogens (primary N) is 1. The Balaban J connectivity index is 3.07. The van der Waals surface area contributed by atoms with Gasteiger partial charge in [-0.3, -0.25) is 0 Å². The van der Waals surface area contributed by atoms with Crippen LogP contribution in [0.25, 0.3) is 0 Å². The Hall–Kier alpha value is -0.890. The van der Waals surface area contributed by atoms with Crippen molar-refractivity contribution in [3.8, 4) is 0 Å². The largest absolute Gasteiger partial charge is 0.383 e. The van der Waals surface area contributed by atoms with Gasteiger partial charge in [0.1, 0.15) is 5.84 Å². The van der Waals surface area contributed by atoms with Gasteiger partial charge in [0.2, 0.25) is 0 Å². The normalized spacial score (nSPS) is 21.0. The number of hydrogen-bond donors (Lipinski definition) is 1. The van der Waals surface area contributed by atoms with Gasteiger partial charge >= 0.3 is 0 Å². The van der Waals surface area contributed by atoms with Crippen molar-refractivity contribution < 1.29 is 16.8 Å². The summed E-state index contributed by atoms with van der Waals surface area (Å²) in [4.78, 5) is -0.271. The van der Waals surface area contributed by atoms with Crippen LogP contribution in [0.2, 0.25) is 0 Å². The predicted octanol–water partition coefficient (Wildman–Crippen LogP) is -1.38. The van der Waals surface area contributed by atoms with E-state index in [1.807, 2.05) is 0 Å². The van der Waals surface area contributed by atoms with Gasteiger partial charge in [0.25, 0.3) is 10.0 Å². The molecule has 0 fully saturated rings. The van der Waals surface area contributed by atoms with Crippen LogP contribution in [0.4, 0.5) is 0 Å². The van der Waals surface area contributed by atoms with E-state index in [1.54, 1.807) is 0 Å². The molecule has 13 heavy (non-hydrogen) atoms. The Bertz CT molecular complexity index is 483. The average Bonchev–Trinajstić information content (AvgIpc) is 2.00. The summed E-state index contributed by atoms with van der Waals surface area (Å²) in [7, 11) is -7.20. The summed E-state index contributed by atoms with van der Waals surface area (Å²) < 4.78 is 46.8. The summed E-state index contributed by atoms with van der Waals surface area (Å²) in [5.74, 6) is -0.738. The van der Waals surface area contributed by atoms with E-state index in [9.17, 15) is 16.8 Å². The monoisotopic (exact) mass is 224 g/mol. The first-order valence-corrected chi connectivity index (χ1v) is 6.69. The third-order valence-corrected chi connectivity index (χ3v) is 3.66. The first-order valence-electron chi connectivity index (χ1n) is 3.19. The van der Waals surface area contributed by atoms with Crippen molar-refractivity contribution in [3.05, 3.63) is 11.0 Å². The highest BCUT2D eigenvalue weighted by atomic mass is 32.2. The van der Waals surface area contributed by atoms with E-state index < -0.39 is 25.6 Å². The number of amidine groups is 1. The zero-order valence-electron chi connectivity index (χ0n) is 6.76. The molecule has 0 aromatic heterocycles. The van der Waals surface area contributed by atoms with Gasteiger partial charge in [-0.2, -0.15) is 8.42 Å². The maximum absolute atomic E-state index is 11.0. The van der Waals surface area contributed by atoms with E-state index >= 15 is 0 Å². The molecule has 2 N–H and O–H groups in total. The lowest BCUT2D eigenvalue weighted by atomic mass is 10.5. The van der Waals surface area contributed by atoms with Crippen molar-refractivity contribution in [2.75, 3.05) is 12.0 Å². The van der Waals surface area contributed by atoms with Gasteiger partial charge in [-0.1, -0.05) is 0 Å². The lowest BCUT2D eigenvalue weighted by molar-refractivity contribution is 0.597. The smallest absolute Gasteiger partial charge is 0.281 e. The second-order valence-corrected chi connectivity index (χ2v) is 6.47. The molecule has 6 nitrogen and oxygen atoms in total. The maximum atomic E-state index is 11.0. The van der Waals surface area contributed by atoms with Crippen LogP contribution in [0.3, 0.4) is 0 Å². The molecular formula is C5H8N2O4S2. The van der Waals surface area contributed by atoms with Crippen molar-refractivity contribution in [1.29, 1.82) is 0 Å². The Kier molecular flexibility index (Phi) is 2.20. The zero-order valence-corrected chi connectivity index (χ0v) is 8.39. The molecule has 0 aromatic rings. The lowest BCUT2D eigenvalue weighted by Crippen LogP contribution is -2.10. The first-order chi connectivity index (χ1) is 5.71. The number of sulfone groups is 1. The quantitative estimate of drug-likeness (QED) is 0.621. The summed E-state index contributed by atoms with van der Waals surface area (Å²) in [6, 6.07) is 0. The van der Waals surface area contributed by atoms with Crippen LogP contribution in [0, 0.1) is 0 Å². The Morgan fingerprint density at radius 2 is 2.08 bits per heavy atom. The fourth-order valence-corrected chi connectivity index (χ4v) is 3.39. The molecule has 8 heteroatoms. The third kappa shape index (κ3) is 2.52. The molecule has 1 aliphatic rings. The van der Waals surface area contributed by atoms with Gasteiger partial charge in [-0.05, 0) is 6.08 Å². The van der Waals surface area contributed by atoms with Gasteiger partial charge < -0.3 is 5.73 Å². The van der Waals surface area contributed by atoms with E-state index in [4.69, 9.17) is 5.73 Å². The van der Waals surface area contributed by atoms with Crippen molar-refractivity contribution in [1.82, 2.24) is 0 Å². The van der Waals surface area contributed by atoms with Crippen LogP contribution < -0.4 is 5.73 Å². The molecular weight excluding hydrogens is 216 g/mol. The van der Waals surface area contributed by atoms with Crippen LogP contribution >= 0.6 is 0 Å². The summed E-state index contributed by atoms with van der Waals surface area (Å²) >= 11 is 0. The lowest BCUT2D eigenvalue weighted by Gasteiger charge is -1.96. The topological polar surface area (TPSA) is 107 Å². The van der Waals surface area contributed by atoms with Crippen LogP contribution in [-0.2, 0) is 19.9 Å². The Labute approximate surface area is 76.1 Å². The van der Waals surface area contributed by atoms with Crippen molar-refractivity contribution >= 4 is 25.7 Å². The minimum Gasteiger partial charge on any atom is -0.383 e. The highest BCUT2D eigenvalue weighted by Gasteiger charge is 2.26. The van der Waals surface area contributed by atoms with Crippen molar-refractivity contribution in [2.24, 2.45) is 10.1 Å². The Morgan fingerprint density at radius 3 is 2.38 bits per heavy atom. The summed E-state index contributed by atoms with van der Waals surface area (Å²) in [5.41, 5.74) is 5.12. The minimum atomic E-state index is -3.82. The minimum absolute atomic E-state index is 0.182. The number of nitrogens with zero attached hydrogens (tertiary/aromatic N) is 1. The van der Waals surface area contributed by atoms with Crippen LogP contribution in [0.5, 0.6) is 0 Å². The van der Waals surface area contributed by atoms with Gasteiger partial charge in [0, 0.05) is 6.26 Å². The van der Waals surface area contributed by atoms with E-state index in [0.29, 0.717) is 0 Å². The van der Waals surface area contributed by atoms with Gasteiger partial charge in [0.15, 0.2) is 9.84 Å². The summed E-state index contributed by atoms with van der Waals surface area (Å²) in [6.07, 6.45) is 1.99. The molecule has 1 rings (SSSR count). The van der Waals surface area contributed by atoms with Crippen LogP contribution in [0.15, 0.2) is 15.4 Å². The molecule has 1 heterocycles. The fourth-order valence-electron chi connectivity index (χ4n) is 0.838. The molecule has 0 unspecified atom stereocenters. The second kappa shape index (κ2) is 2.81. The van der Waals surface area contributed by atoms with Crippen LogP contribution in [-0.4, -0.2) is 34.7 Å².